The molecule has 0 N–H and O–H groups in total. The minimum atomic E-state index is -0.449. The first-order valence-corrected chi connectivity index (χ1v) is 3.99. The Labute approximate surface area is 76.6 Å². The fraction of sp³-hybridized carbons (Fsp3) is 0.300. The molecule has 1 aromatic rings. The molecule has 0 radical (unpaired) electrons. The van der Waals surface area contributed by atoms with Crippen molar-refractivity contribution >= 4 is 0 Å². The molecule has 0 heterocycles. The lowest BCUT2D eigenvalue weighted by Gasteiger charge is -2.09. The first-order valence-electron chi connectivity index (χ1n) is 3.99. The fourth-order valence-electron chi connectivity index (χ4n) is 0.967. The maximum Gasteiger partial charge on any atom is 0.128 e. The van der Waals surface area contributed by atoms with Gasteiger partial charge in [-0.15, -0.1) is 0 Å². The Morgan fingerprint density at radius 2 is 2.08 bits per heavy atom. The van der Waals surface area contributed by atoms with Crippen molar-refractivity contribution in [1.82, 2.24) is 0 Å². The predicted molar refractivity (Wildman–Crippen MR) is 46.9 cm³/mol. The standard InChI is InChI=1S/C10H10FNO/c1-7(2)13-10-4-8(6-12)3-9(11)5-10/h3-5,7H,1-2H3. The normalized spacial score (nSPS) is 9.77. The molecule has 0 aliphatic heterocycles. The van der Waals surface area contributed by atoms with Crippen LogP contribution >= 0.6 is 0 Å². The van der Waals surface area contributed by atoms with Crippen LogP contribution in [-0.4, -0.2) is 6.10 Å². The molecule has 1 aromatic carbocycles. The van der Waals surface area contributed by atoms with Crippen LogP contribution in [0.25, 0.3) is 0 Å². The Hall–Kier alpha value is -1.56. The highest BCUT2D eigenvalue weighted by Gasteiger charge is 2.02. The van der Waals surface area contributed by atoms with Gasteiger partial charge < -0.3 is 4.74 Å². The number of nitrogens with zero attached hydrogens (tertiary/aromatic N) is 1. The van der Waals surface area contributed by atoms with Crippen LogP contribution in [0.1, 0.15) is 19.4 Å². The van der Waals surface area contributed by atoms with Gasteiger partial charge in [0.1, 0.15) is 11.6 Å². The number of rotatable bonds is 2. The van der Waals surface area contributed by atoms with Gasteiger partial charge >= 0.3 is 0 Å². The average Bonchev–Trinajstić information content (AvgIpc) is 2.01. The summed E-state index contributed by atoms with van der Waals surface area (Å²) in [5.41, 5.74) is 0.274. The van der Waals surface area contributed by atoms with Gasteiger partial charge in [-0.1, -0.05) is 0 Å². The first-order chi connectivity index (χ1) is 6.11. The fourth-order valence-corrected chi connectivity index (χ4v) is 0.967. The third kappa shape index (κ3) is 2.75. The molecule has 0 amide bonds. The number of benzene rings is 1. The highest BCUT2D eigenvalue weighted by molar-refractivity contribution is 5.37. The zero-order valence-corrected chi connectivity index (χ0v) is 7.54. The van der Waals surface area contributed by atoms with Crippen molar-refractivity contribution in [2.24, 2.45) is 0 Å². The van der Waals surface area contributed by atoms with E-state index >= 15 is 0 Å². The third-order valence-corrected chi connectivity index (χ3v) is 1.37. The Kier molecular flexibility index (Phi) is 2.86. The van der Waals surface area contributed by atoms with Crippen LogP contribution in [0.2, 0.25) is 0 Å². The van der Waals surface area contributed by atoms with Gasteiger partial charge in [-0.2, -0.15) is 5.26 Å². The molecule has 0 aromatic heterocycles. The van der Waals surface area contributed by atoms with E-state index < -0.39 is 5.82 Å². The molecule has 68 valence electrons. The van der Waals surface area contributed by atoms with Gasteiger partial charge in [-0.05, 0) is 26.0 Å². The van der Waals surface area contributed by atoms with E-state index in [9.17, 15) is 4.39 Å². The number of nitriles is 1. The molecule has 3 heteroatoms. The predicted octanol–water partition coefficient (Wildman–Crippen LogP) is 2.48. The van der Waals surface area contributed by atoms with Gasteiger partial charge in [0.2, 0.25) is 0 Å². The maximum atomic E-state index is 12.8. The summed E-state index contributed by atoms with van der Waals surface area (Å²) >= 11 is 0. The van der Waals surface area contributed by atoms with E-state index in [1.807, 2.05) is 19.9 Å². The molecular weight excluding hydrogens is 169 g/mol. The summed E-state index contributed by atoms with van der Waals surface area (Å²) in [5.74, 6) is -0.0544. The van der Waals surface area contributed by atoms with Crippen LogP contribution in [-0.2, 0) is 0 Å². The number of halogens is 1. The second kappa shape index (κ2) is 3.90. The second-order valence-corrected chi connectivity index (χ2v) is 2.95. The van der Waals surface area contributed by atoms with Crippen LogP contribution in [0, 0.1) is 17.1 Å². The Balaban J connectivity index is 2.96. The third-order valence-electron chi connectivity index (χ3n) is 1.37. The van der Waals surface area contributed by atoms with Crippen molar-refractivity contribution in [3.8, 4) is 11.8 Å². The van der Waals surface area contributed by atoms with Crippen molar-refractivity contribution in [1.29, 1.82) is 5.26 Å². The molecule has 0 spiro atoms. The van der Waals surface area contributed by atoms with E-state index in [1.165, 1.54) is 18.2 Å². The lowest BCUT2D eigenvalue weighted by atomic mass is 10.2. The summed E-state index contributed by atoms with van der Waals surface area (Å²) in [7, 11) is 0. The molecule has 0 saturated carbocycles. The van der Waals surface area contributed by atoms with Crippen LogP contribution in [0.3, 0.4) is 0 Å². The van der Waals surface area contributed by atoms with Crippen molar-refractivity contribution in [2.45, 2.75) is 20.0 Å². The topological polar surface area (TPSA) is 33.0 Å². The molecule has 0 fully saturated rings. The SMILES string of the molecule is CC(C)Oc1cc(F)cc(C#N)c1. The minimum absolute atomic E-state index is 0.0201. The van der Waals surface area contributed by atoms with E-state index in [0.29, 0.717) is 5.75 Å². The van der Waals surface area contributed by atoms with Crippen molar-refractivity contribution in [2.75, 3.05) is 0 Å². The summed E-state index contributed by atoms with van der Waals surface area (Å²) in [5, 5.41) is 8.55. The molecular formula is C10H10FNO. The first kappa shape index (κ1) is 9.53. The highest BCUT2D eigenvalue weighted by atomic mass is 19.1. The van der Waals surface area contributed by atoms with E-state index in [4.69, 9.17) is 10.00 Å². The molecule has 0 unspecified atom stereocenters. The molecule has 0 aliphatic rings. The maximum absolute atomic E-state index is 12.8. The van der Waals surface area contributed by atoms with Gasteiger partial charge in [0.05, 0.1) is 17.7 Å². The van der Waals surface area contributed by atoms with Crippen molar-refractivity contribution < 1.29 is 9.13 Å². The summed E-state index contributed by atoms with van der Waals surface area (Å²) < 4.78 is 18.1. The number of ether oxygens (including phenoxy) is 1. The van der Waals surface area contributed by atoms with E-state index in [-0.39, 0.29) is 11.7 Å². The van der Waals surface area contributed by atoms with Crippen molar-refractivity contribution in [3.63, 3.8) is 0 Å². The minimum Gasteiger partial charge on any atom is -0.491 e. The lowest BCUT2D eigenvalue weighted by Crippen LogP contribution is -2.05. The molecule has 0 atom stereocenters. The van der Waals surface area contributed by atoms with Gasteiger partial charge in [0.15, 0.2) is 0 Å². The highest BCUT2D eigenvalue weighted by Crippen LogP contribution is 2.16. The van der Waals surface area contributed by atoms with Crippen molar-refractivity contribution in [3.05, 3.63) is 29.6 Å². The quantitative estimate of drug-likeness (QED) is 0.698. The molecule has 0 saturated heterocycles. The number of hydrogen-bond acceptors (Lipinski definition) is 2. The summed E-state index contributed by atoms with van der Waals surface area (Å²) in [6.07, 6.45) is -0.0201. The molecule has 2 nitrogen and oxygen atoms in total. The average molecular weight is 179 g/mol. The number of hydrogen-bond donors (Lipinski definition) is 0. The summed E-state index contributed by atoms with van der Waals surface area (Å²) in [4.78, 5) is 0. The zero-order valence-electron chi connectivity index (χ0n) is 7.54. The summed E-state index contributed by atoms with van der Waals surface area (Å²) in [6.45, 7) is 3.69. The monoisotopic (exact) mass is 179 g/mol. The Bertz CT molecular complexity index is 341. The molecule has 13 heavy (non-hydrogen) atoms. The van der Waals surface area contributed by atoms with Gasteiger partial charge in [-0.25, -0.2) is 4.39 Å². The molecule has 1 rings (SSSR count). The summed E-state index contributed by atoms with van der Waals surface area (Å²) in [6, 6.07) is 5.82. The van der Waals surface area contributed by atoms with Gasteiger partial charge in [0.25, 0.3) is 0 Å². The van der Waals surface area contributed by atoms with Crippen LogP contribution < -0.4 is 4.74 Å². The lowest BCUT2D eigenvalue weighted by molar-refractivity contribution is 0.241. The molecule has 0 aliphatic carbocycles. The van der Waals surface area contributed by atoms with Gasteiger partial charge in [0, 0.05) is 6.07 Å². The Morgan fingerprint density at radius 1 is 1.38 bits per heavy atom. The largest absolute Gasteiger partial charge is 0.491 e. The van der Waals surface area contributed by atoms with Crippen LogP contribution in [0.15, 0.2) is 18.2 Å². The van der Waals surface area contributed by atoms with E-state index in [1.54, 1.807) is 0 Å². The second-order valence-electron chi connectivity index (χ2n) is 2.95. The smallest absolute Gasteiger partial charge is 0.128 e. The molecule has 0 bridgehead atoms. The Morgan fingerprint density at radius 3 is 2.62 bits per heavy atom. The van der Waals surface area contributed by atoms with Gasteiger partial charge in [-0.3, -0.25) is 0 Å². The van der Waals surface area contributed by atoms with E-state index in [2.05, 4.69) is 0 Å². The van der Waals surface area contributed by atoms with E-state index in [0.717, 1.165) is 0 Å². The van der Waals surface area contributed by atoms with Crippen LogP contribution in [0.4, 0.5) is 4.39 Å². The zero-order chi connectivity index (χ0) is 9.84. The van der Waals surface area contributed by atoms with Crippen LogP contribution in [0.5, 0.6) is 5.75 Å².